The molecule has 4 unspecified atom stereocenters. The van der Waals surface area contributed by atoms with Crippen LogP contribution >= 0.6 is 0 Å². The van der Waals surface area contributed by atoms with E-state index in [0.717, 1.165) is 35.4 Å². The molecule has 168 valence electrons. The minimum Gasteiger partial charge on any atom is -0.493 e. The minimum absolute atomic E-state index is 0.00702. The van der Waals surface area contributed by atoms with Gasteiger partial charge in [0.2, 0.25) is 12.7 Å². The fourth-order valence-corrected chi connectivity index (χ4v) is 5.47. The Morgan fingerprint density at radius 3 is 2.72 bits per heavy atom. The zero-order valence-corrected chi connectivity index (χ0v) is 18.3. The number of hydrogen-bond donors (Lipinski definition) is 1. The molecule has 3 saturated heterocycles. The van der Waals surface area contributed by atoms with Gasteiger partial charge in [0, 0.05) is 29.9 Å². The number of methoxy groups -OCH3 is 2. The van der Waals surface area contributed by atoms with Crippen LogP contribution in [0.15, 0.2) is 70.4 Å². The van der Waals surface area contributed by atoms with Gasteiger partial charge in [0.1, 0.15) is 6.23 Å². The van der Waals surface area contributed by atoms with Crippen LogP contribution in [0, 0.1) is 11.3 Å². The number of carbonyl (C=O) groups excluding carboxylic acids is 1. The molecule has 0 saturated carbocycles. The monoisotopic (exact) mass is 438 g/mol. The lowest BCUT2D eigenvalue weighted by Crippen LogP contribution is -2.57. The third-order valence-corrected chi connectivity index (χ3v) is 7.10. The van der Waals surface area contributed by atoms with Gasteiger partial charge in [-0.25, -0.2) is 0 Å². The third kappa shape index (κ3) is 2.56. The number of nitrogens with one attached hydrogen (secondary N) is 1. The molecule has 3 fully saturated rings. The standard InChI is InChI=1S/C24H26N2O6/c1-24-10-20(29-3)17(28-2)8-15(24)14-11-25-16-9-19-18(31-12-32-19)7-13(16)22(14)26(23(24)27)21-5-4-6-30-21/h7-11,15-16,21,25H,4-6,12H2,1-3H3. The van der Waals surface area contributed by atoms with Crippen molar-refractivity contribution in [3.8, 4) is 0 Å². The first-order chi connectivity index (χ1) is 15.5. The minimum atomic E-state index is -0.834. The van der Waals surface area contributed by atoms with E-state index in [4.69, 9.17) is 23.7 Å². The van der Waals surface area contributed by atoms with Crippen molar-refractivity contribution in [2.24, 2.45) is 11.3 Å². The molecule has 4 heterocycles. The highest BCUT2D eigenvalue weighted by Crippen LogP contribution is 2.53. The number of piperidine rings is 1. The largest absolute Gasteiger partial charge is 0.493 e. The van der Waals surface area contributed by atoms with Gasteiger partial charge < -0.3 is 29.0 Å². The molecular weight excluding hydrogens is 412 g/mol. The average molecular weight is 438 g/mol. The Labute approximate surface area is 186 Å². The van der Waals surface area contributed by atoms with Gasteiger partial charge in [0.05, 0.1) is 31.4 Å². The second kappa shape index (κ2) is 6.93. The van der Waals surface area contributed by atoms with Gasteiger partial charge >= 0.3 is 0 Å². The molecule has 2 aliphatic carbocycles. The zero-order chi connectivity index (χ0) is 22.0. The fourth-order valence-electron chi connectivity index (χ4n) is 5.47. The van der Waals surface area contributed by atoms with E-state index in [-0.39, 0.29) is 30.9 Å². The smallest absolute Gasteiger partial charge is 0.239 e. The van der Waals surface area contributed by atoms with E-state index < -0.39 is 5.41 Å². The van der Waals surface area contributed by atoms with Crippen LogP contribution in [0.4, 0.5) is 0 Å². The van der Waals surface area contributed by atoms with E-state index in [1.807, 2.05) is 42.3 Å². The molecule has 8 nitrogen and oxygen atoms in total. The lowest BCUT2D eigenvalue weighted by Gasteiger charge is -2.50. The number of likely N-dealkylation sites (tertiary alicyclic amines) is 1. The number of nitrogens with zero attached hydrogens (tertiary/aromatic N) is 1. The topological polar surface area (TPSA) is 78.5 Å². The van der Waals surface area contributed by atoms with Crippen LogP contribution < -0.4 is 5.32 Å². The van der Waals surface area contributed by atoms with E-state index in [1.165, 1.54) is 0 Å². The first-order valence-corrected chi connectivity index (χ1v) is 10.9. The summed E-state index contributed by atoms with van der Waals surface area (Å²) in [6.07, 6.45) is 11.3. The molecule has 0 spiro atoms. The zero-order valence-electron chi connectivity index (χ0n) is 18.3. The van der Waals surface area contributed by atoms with Gasteiger partial charge in [-0.3, -0.25) is 9.69 Å². The number of carbonyl (C=O) groups is 1. The van der Waals surface area contributed by atoms with E-state index in [1.54, 1.807) is 14.2 Å². The molecule has 1 amide bonds. The van der Waals surface area contributed by atoms with Crippen LogP contribution in [0.2, 0.25) is 0 Å². The Morgan fingerprint density at radius 1 is 1.16 bits per heavy atom. The molecule has 0 radical (unpaired) electrons. The Kier molecular flexibility index (Phi) is 4.24. The molecule has 32 heavy (non-hydrogen) atoms. The van der Waals surface area contributed by atoms with Crippen LogP contribution in [-0.4, -0.2) is 50.7 Å². The maximum absolute atomic E-state index is 14.2. The van der Waals surface area contributed by atoms with Crippen molar-refractivity contribution in [2.75, 3.05) is 27.6 Å². The maximum atomic E-state index is 14.2. The van der Waals surface area contributed by atoms with Crippen LogP contribution in [0.5, 0.6) is 0 Å². The highest BCUT2D eigenvalue weighted by Gasteiger charge is 2.55. The molecule has 4 aliphatic heterocycles. The van der Waals surface area contributed by atoms with Crippen LogP contribution in [-0.2, 0) is 28.5 Å². The summed E-state index contributed by atoms with van der Waals surface area (Å²) in [7, 11) is 3.21. The second-order valence-electron chi connectivity index (χ2n) is 8.84. The highest BCUT2D eigenvalue weighted by molar-refractivity contribution is 5.91. The predicted molar refractivity (Wildman–Crippen MR) is 113 cm³/mol. The summed E-state index contributed by atoms with van der Waals surface area (Å²) in [5, 5.41) is 3.49. The lowest BCUT2D eigenvalue weighted by atomic mass is 9.64. The van der Waals surface area contributed by atoms with Crippen molar-refractivity contribution in [3.63, 3.8) is 0 Å². The van der Waals surface area contributed by atoms with Crippen LogP contribution in [0.25, 0.3) is 0 Å². The summed E-state index contributed by atoms with van der Waals surface area (Å²) >= 11 is 0. The van der Waals surface area contributed by atoms with Crippen molar-refractivity contribution in [1.82, 2.24) is 10.2 Å². The van der Waals surface area contributed by atoms with Gasteiger partial charge in [-0.15, -0.1) is 0 Å². The molecule has 8 heteroatoms. The highest BCUT2D eigenvalue weighted by atomic mass is 16.7. The fraction of sp³-hybridized carbons (Fsp3) is 0.458. The lowest BCUT2D eigenvalue weighted by molar-refractivity contribution is -0.150. The molecule has 1 N–H and O–H groups in total. The van der Waals surface area contributed by atoms with E-state index in [2.05, 4.69) is 5.32 Å². The van der Waals surface area contributed by atoms with E-state index in [0.29, 0.717) is 23.9 Å². The number of amides is 1. The number of rotatable bonds is 3. The molecule has 0 aromatic rings. The maximum Gasteiger partial charge on any atom is 0.239 e. The Balaban J connectivity index is 1.55. The van der Waals surface area contributed by atoms with E-state index >= 15 is 0 Å². The molecular formula is C24H26N2O6. The van der Waals surface area contributed by atoms with Crippen molar-refractivity contribution < 1.29 is 28.5 Å². The van der Waals surface area contributed by atoms with Gasteiger partial charge in [-0.2, -0.15) is 0 Å². The van der Waals surface area contributed by atoms with Gasteiger partial charge in [-0.05, 0) is 44.1 Å². The van der Waals surface area contributed by atoms with Crippen molar-refractivity contribution in [3.05, 3.63) is 70.4 Å². The summed E-state index contributed by atoms with van der Waals surface area (Å²) in [4.78, 5) is 16.0. The van der Waals surface area contributed by atoms with Crippen LogP contribution in [0.1, 0.15) is 19.8 Å². The summed E-state index contributed by atoms with van der Waals surface area (Å²) in [5.74, 6) is 2.38. The first kappa shape index (κ1) is 19.5. The molecule has 6 aliphatic rings. The number of hydrogen-bond acceptors (Lipinski definition) is 7. The third-order valence-electron chi connectivity index (χ3n) is 7.10. The number of fused-ring (bicyclic) bond motifs is 5. The predicted octanol–water partition coefficient (Wildman–Crippen LogP) is 2.56. The van der Waals surface area contributed by atoms with Gasteiger partial charge in [-0.1, -0.05) is 0 Å². The van der Waals surface area contributed by atoms with Crippen LogP contribution in [0.3, 0.4) is 0 Å². The van der Waals surface area contributed by atoms with Gasteiger partial charge in [0.15, 0.2) is 23.0 Å². The number of ether oxygens (including phenoxy) is 5. The quantitative estimate of drug-likeness (QED) is 0.726. The summed E-state index contributed by atoms with van der Waals surface area (Å²) in [6.45, 7) is 2.81. The molecule has 0 aromatic carbocycles. The Morgan fingerprint density at radius 2 is 1.97 bits per heavy atom. The Hall–Kier alpha value is -3.13. The summed E-state index contributed by atoms with van der Waals surface area (Å²) in [6, 6.07) is -0.116. The first-order valence-electron chi connectivity index (χ1n) is 10.9. The van der Waals surface area contributed by atoms with Crippen molar-refractivity contribution in [2.45, 2.75) is 32.0 Å². The normalized spacial score (nSPS) is 34.8. The molecule has 0 bridgehead atoms. The Bertz CT molecular complexity index is 1070. The summed E-state index contributed by atoms with van der Waals surface area (Å²) < 4.78 is 28.4. The molecule has 6 rings (SSSR count). The summed E-state index contributed by atoms with van der Waals surface area (Å²) in [5.41, 5.74) is 2.04. The molecule has 4 atom stereocenters. The molecule has 0 aromatic heterocycles. The van der Waals surface area contributed by atoms with E-state index in [9.17, 15) is 4.79 Å². The van der Waals surface area contributed by atoms with Crippen molar-refractivity contribution in [1.29, 1.82) is 0 Å². The number of allylic oxidation sites excluding steroid dienone is 2. The average Bonchev–Trinajstić information content (AvgIpc) is 3.49. The second-order valence-corrected chi connectivity index (χ2v) is 8.84. The van der Waals surface area contributed by atoms with Gasteiger partial charge in [0.25, 0.3) is 0 Å². The van der Waals surface area contributed by atoms with Crippen molar-refractivity contribution >= 4 is 5.91 Å². The number of dihydropyridines is 1. The SMILES string of the molecule is COC1=CC2C3=CNC4C=C5OCOC5=CC4=C3N(C3CCCO3)C(=O)C2(C)C=C1OC.